The summed E-state index contributed by atoms with van der Waals surface area (Å²) in [5.74, 6) is 5.52. The van der Waals surface area contributed by atoms with E-state index in [9.17, 15) is 4.79 Å². The number of nitrogens with two attached hydrogens (primary N) is 1. The van der Waals surface area contributed by atoms with E-state index in [0.717, 1.165) is 5.69 Å². The first kappa shape index (κ1) is 10.4. The van der Waals surface area contributed by atoms with Crippen LogP contribution in [0.1, 0.15) is 0 Å². The summed E-state index contributed by atoms with van der Waals surface area (Å²) in [5.41, 5.74) is 1.11. The fraction of sp³-hybridized carbons (Fsp3) is 0.0909. The quantitative estimate of drug-likeness (QED) is 0.588. The van der Waals surface area contributed by atoms with Gasteiger partial charge in [-0.2, -0.15) is 9.78 Å². The Labute approximate surface area is 92.7 Å². The molecule has 5 heteroatoms. The fourth-order valence-corrected chi connectivity index (χ4v) is 1.35. The van der Waals surface area contributed by atoms with E-state index in [0.29, 0.717) is 5.69 Å². The molecule has 5 nitrogen and oxygen atoms in total. The topological polar surface area (TPSA) is 64.2 Å². The third kappa shape index (κ3) is 1.94. The second kappa shape index (κ2) is 4.16. The Morgan fingerprint density at radius 2 is 2.00 bits per heavy atom. The highest BCUT2D eigenvalue weighted by molar-refractivity contribution is 5.41. The number of para-hydroxylation sites is 1. The van der Waals surface area contributed by atoms with Crippen molar-refractivity contribution in [3.8, 4) is 5.69 Å². The number of nitrogens with zero attached hydrogens (tertiary/aromatic N) is 3. The zero-order valence-corrected chi connectivity index (χ0v) is 8.87. The summed E-state index contributed by atoms with van der Waals surface area (Å²) in [6.07, 6.45) is 1.55. The van der Waals surface area contributed by atoms with E-state index in [1.54, 1.807) is 13.2 Å². The first-order chi connectivity index (χ1) is 7.68. The van der Waals surface area contributed by atoms with Crippen molar-refractivity contribution in [1.29, 1.82) is 0 Å². The van der Waals surface area contributed by atoms with E-state index in [1.165, 1.54) is 15.8 Å². The van der Waals surface area contributed by atoms with Crippen LogP contribution in [0, 0.1) is 0 Å². The Morgan fingerprint density at radius 1 is 1.31 bits per heavy atom. The Balaban J connectivity index is 2.49. The van der Waals surface area contributed by atoms with Gasteiger partial charge >= 0.3 is 0 Å². The highest BCUT2D eigenvalue weighted by atomic mass is 16.1. The molecule has 2 rings (SSSR count). The molecule has 0 fully saturated rings. The molecule has 0 bridgehead atoms. The van der Waals surface area contributed by atoms with E-state index in [1.807, 2.05) is 30.3 Å². The van der Waals surface area contributed by atoms with Crippen LogP contribution >= 0.6 is 0 Å². The second-order valence-corrected chi connectivity index (χ2v) is 3.41. The van der Waals surface area contributed by atoms with Gasteiger partial charge in [-0.15, -0.1) is 0 Å². The minimum absolute atomic E-state index is 0.207. The molecular weight excluding hydrogens is 204 g/mol. The fourth-order valence-electron chi connectivity index (χ4n) is 1.35. The molecule has 2 N–H and O–H groups in total. The summed E-state index contributed by atoms with van der Waals surface area (Å²) in [7, 11) is 1.66. The summed E-state index contributed by atoms with van der Waals surface area (Å²) in [4.78, 5) is 11.8. The minimum atomic E-state index is -0.207. The summed E-state index contributed by atoms with van der Waals surface area (Å²) in [6.45, 7) is 0. The molecular formula is C11H12N4O. The second-order valence-electron chi connectivity index (χ2n) is 3.41. The molecule has 0 aliphatic heterocycles. The first-order valence-corrected chi connectivity index (χ1v) is 4.82. The Hall–Kier alpha value is -2.14. The summed E-state index contributed by atoms with van der Waals surface area (Å²) in [5, 5.41) is 5.40. The number of hydrogen-bond donors (Lipinski definition) is 1. The van der Waals surface area contributed by atoms with Crippen LogP contribution in [0.5, 0.6) is 0 Å². The molecule has 0 amide bonds. The van der Waals surface area contributed by atoms with Crippen molar-refractivity contribution < 1.29 is 0 Å². The lowest BCUT2D eigenvalue weighted by Gasteiger charge is -2.11. The van der Waals surface area contributed by atoms with Gasteiger partial charge in [-0.3, -0.25) is 4.79 Å². The molecule has 0 saturated heterocycles. The summed E-state index contributed by atoms with van der Waals surface area (Å²) < 4.78 is 1.33. The van der Waals surface area contributed by atoms with Crippen molar-refractivity contribution in [1.82, 2.24) is 9.78 Å². The van der Waals surface area contributed by atoms with Gasteiger partial charge in [0.1, 0.15) is 0 Å². The van der Waals surface area contributed by atoms with Gasteiger partial charge in [0, 0.05) is 13.1 Å². The zero-order chi connectivity index (χ0) is 11.5. The molecule has 0 atom stereocenters. The van der Waals surface area contributed by atoms with Crippen LogP contribution < -0.4 is 16.4 Å². The number of benzene rings is 1. The van der Waals surface area contributed by atoms with Gasteiger partial charge in [0.25, 0.3) is 5.56 Å². The highest BCUT2D eigenvalue weighted by Gasteiger charge is 2.03. The molecule has 0 aliphatic carbocycles. The zero-order valence-electron chi connectivity index (χ0n) is 8.87. The lowest BCUT2D eigenvalue weighted by Crippen LogP contribution is -2.29. The van der Waals surface area contributed by atoms with Gasteiger partial charge in [-0.1, -0.05) is 18.2 Å². The standard InChI is InChI=1S/C11H12N4O/c1-14(12)10-7-11(16)15(13-8-10)9-5-3-2-4-6-9/h2-8H,12H2,1H3. The van der Waals surface area contributed by atoms with Crippen LogP contribution in [0.15, 0.2) is 47.4 Å². The Morgan fingerprint density at radius 3 is 2.56 bits per heavy atom. The van der Waals surface area contributed by atoms with Crippen LogP contribution in [0.4, 0.5) is 5.69 Å². The van der Waals surface area contributed by atoms with Gasteiger partial charge in [0.05, 0.1) is 17.6 Å². The number of anilines is 1. The van der Waals surface area contributed by atoms with Crippen LogP contribution in [-0.2, 0) is 0 Å². The molecule has 16 heavy (non-hydrogen) atoms. The van der Waals surface area contributed by atoms with E-state index in [4.69, 9.17) is 5.84 Å². The molecule has 2 aromatic rings. The van der Waals surface area contributed by atoms with Gasteiger partial charge in [0.15, 0.2) is 0 Å². The molecule has 0 unspecified atom stereocenters. The molecule has 0 spiro atoms. The molecule has 0 saturated carbocycles. The number of aromatic nitrogens is 2. The predicted molar refractivity (Wildman–Crippen MR) is 62.4 cm³/mol. The molecule has 1 aromatic carbocycles. The Kier molecular flexibility index (Phi) is 2.70. The minimum Gasteiger partial charge on any atom is -0.312 e. The monoisotopic (exact) mass is 216 g/mol. The van der Waals surface area contributed by atoms with Gasteiger partial charge in [0.2, 0.25) is 0 Å². The number of hydrazine groups is 1. The Bertz CT molecular complexity index is 533. The molecule has 1 aromatic heterocycles. The van der Waals surface area contributed by atoms with Crippen LogP contribution in [0.25, 0.3) is 5.69 Å². The molecule has 1 heterocycles. The van der Waals surface area contributed by atoms with Crippen LogP contribution in [0.2, 0.25) is 0 Å². The van der Waals surface area contributed by atoms with Gasteiger partial charge < -0.3 is 5.01 Å². The van der Waals surface area contributed by atoms with Crippen molar-refractivity contribution in [2.24, 2.45) is 5.84 Å². The smallest absolute Gasteiger partial charge is 0.273 e. The van der Waals surface area contributed by atoms with E-state index in [2.05, 4.69) is 5.10 Å². The van der Waals surface area contributed by atoms with Crippen molar-refractivity contribution in [2.45, 2.75) is 0 Å². The highest BCUT2D eigenvalue weighted by Crippen LogP contribution is 2.05. The summed E-state index contributed by atoms with van der Waals surface area (Å²) >= 11 is 0. The maximum atomic E-state index is 11.8. The van der Waals surface area contributed by atoms with Gasteiger partial charge in [-0.25, -0.2) is 5.84 Å². The van der Waals surface area contributed by atoms with Crippen LogP contribution in [0.3, 0.4) is 0 Å². The van der Waals surface area contributed by atoms with E-state index >= 15 is 0 Å². The summed E-state index contributed by atoms with van der Waals surface area (Å²) in [6, 6.07) is 10.7. The maximum absolute atomic E-state index is 11.8. The molecule has 0 radical (unpaired) electrons. The molecule has 82 valence electrons. The lowest BCUT2D eigenvalue weighted by molar-refractivity contribution is 0.799. The lowest BCUT2D eigenvalue weighted by atomic mass is 10.3. The molecule has 0 aliphatic rings. The average Bonchev–Trinajstić information content (AvgIpc) is 2.30. The van der Waals surface area contributed by atoms with Crippen molar-refractivity contribution in [3.63, 3.8) is 0 Å². The maximum Gasteiger partial charge on any atom is 0.273 e. The first-order valence-electron chi connectivity index (χ1n) is 4.82. The van der Waals surface area contributed by atoms with Crippen LogP contribution in [-0.4, -0.2) is 16.8 Å². The number of rotatable bonds is 2. The van der Waals surface area contributed by atoms with E-state index in [-0.39, 0.29) is 5.56 Å². The third-order valence-corrected chi connectivity index (χ3v) is 2.19. The van der Waals surface area contributed by atoms with Gasteiger partial charge in [-0.05, 0) is 12.1 Å². The van der Waals surface area contributed by atoms with Crippen molar-refractivity contribution in [3.05, 3.63) is 52.9 Å². The number of hydrogen-bond acceptors (Lipinski definition) is 4. The third-order valence-electron chi connectivity index (χ3n) is 2.19. The largest absolute Gasteiger partial charge is 0.312 e. The SMILES string of the molecule is CN(N)c1cnn(-c2ccccc2)c(=O)c1. The van der Waals surface area contributed by atoms with Crippen molar-refractivity contribution in [2.75, 3.05) is 12.1 Å². The van der Waals surface area contributed by atoms with Crippen molar-refractivity contribution >= 4 is 5.69 Å². The van der Waals surface area contributed by atoms with E-state index < -0.39 is 0 Å². The predicted octanol–water partition coefficient (Wildman–Crippen LogP) is 0.542. The normalized spacial score (nSPS) is 10.1. The average molecular weight is 216 g/mol.